The molecule has 5 rings (SSSR count). The van der Waals surface area contributed by atoms with Crippen molar-refractivity contribution in [3.05, 3.63) is 143 Å². The first-order valence-electron chi connectivity index (χ1n) is 12.8. The maximum atomic E-state index is 3.85. The van der Waals surface area contributed by atoms with Crippen molar-refractivity contribution < 1.29 is 0 Å². The molecule has 4 aromatic rings. The van der Waals surface area contributed by atoms with Crippen LogP contribution in [0.5, 0.6) is 0 Å². The maximum absolute atomic E-state index is 3.85. The lowest BCUT2D eigenvalue weighted by Crippen LogP contribution is -2.36. The molecule has 0 aromatic heterocycles. The van der Waals surface area contributed by atoms with Crippen LogP contribution in [-0.4, -0.2) is 5.54 Å². The Balaban J connectivity index is 1.88. The molecule has 0 fully saturated rings. The Morgan fingerprint density at radius 2 is 1.20 bits per heavy atom. The highest BCUT2D eigenvalue weighted by Crippen LogP contribution is 2.49. The van der Waals surface area contributed by atoms with Crippen molar-refractivity contribution in [2.75, 3.05) is 5.32 Å². The maximum Gasteiger partial charge on any atom is 0.0704 e. The van der Waals surface area contributed by atoms with Crippen molar-refractivity contribution in [1.82, 2.24) is 0 Å². The molecule has 0 aliphatic carbocycles. The fourth-order valence-corrected chi connectivity index (χ4v) is 5.80. The molecule has 1 aliphatic heterocycles. The Morgan fingerprint density at radius 3 is 1.63 bits per heavy atom. The summed E-state index contributed by atoms with van der Waals surface area (Å²) in [6, 6.07) is 37.8. The van der Waals surface area contributed by atoms with Gasteiger partial charge in [-0.2, -0.15) is 0 Å². The molecule has 0 saturated heterocycles. The predicted octanol–water partition coefficient (Wildman–Crippen LogP) is 8.77. The monoisotopic (exact) mass is 457 g/mol. The largest absolute Gasteiger partial charge is 0.376 e. The van der Waals surface area contributed by atoms with Crippen molar-refractivity contribution in [1.29, 1.82) is 0 Å². The molecule has 0 bridgehead atoms. The molecule has 1 nitrogen and oxygen atoms in total. The number of hydrogen-bond acceptors (Lipinski definition) is 1. The molecule has 0 saturated carbocycles. The number of anilines is 1. The quantitative estimate of drug-likeness (QED) is 0.285. The van der Waals surface area contributed by atoms with Gasteiger partial charge in [0.15, 0.2) is 0 Å². The summed E-state index contributed by atoms with van der Waals surface area (Å²) in [7, 11) is 0. The number of allylic oxidation sites excluding steroid dienone is 1. The molecule has 0 spiro atoms. The lowest BCUT2D eigenvalue weighted by molar-refractivity contribution is 0.607. The molecule has 1 heteroatoms. The lowest BCUT2D eigenvalue weighted by atomic mass is 9.63. The Kier molecular flexibility index (Phi) is 6.11. The van der Waals surface area contributed by atoms with Gasteiger partial charge in [0.2, 0.25) is 0 Å². The number of rotatable bonds is 6. The van der Waals surface area contributed by atoms with E-state index in [0.29, 0.717) is 0 Å². The van der Waals surface area contributed by atoms with E-state index in [4.69, 9.17) is 0 Å². The number of fused-ring (bicyclic) bond motifs is 1. The summed E-state index contributed by atoms with van der Waals surface area (Å²) in [5.41, 5.74) is 10.0. The van der Waals surface area contributed by atoms with Crippen LogP contribution in [0.4, 0.5) is 5.69 Å². The van der Waals surface area contributed by atoms with Gasteiger partial charge in [0.05, 0.1) is 11.0 Å². The van der Waals surface area contributed by atoms with Gasteiger partial charge in [-0.3, -0.25) is 0 Å². The zero-order valence-corrected chi connectivity index (χ0v) is 21.3. The minimum atomic E-state index is -0.423. The van der Waals surface area contributed by atoms with Crippen LogP contribution < -0.4 is 5.32 Å². The zero-order valence-electron chi connectivity index (χ0n) is 21.3. The van der Waals surface area contributed by atoms with Gasteiger partial charge in [-0.05, 0) is 72.2 Å². The Morgan fingerprint density at radius 1 is 0.714 bits per heavy atom. The third kappa shape index (κ3) is 3.90. The van der Waals surface area contributed by atoms with Crippen molar-refractivity contribution in [3.63, 3.8) is 0 Å². The molecule has 4 aromatic carbocycles. The smallest absolute Gasteiger partial charge is 0.0704 e. The first-order valence-corrected chi connectivity index (χ1v) is 12.8. The Bertz CT molecular complexity index is 1240. The molecule has 0 amide bonds. The highest BCUT2D eigenvalue weighted by atomic mass is 15.0. The second-order valence-electron chi connectivity index (χ2n) is 9.98. The minimum absolute atomic E-state index is 0.0122. The summed E-state index contributed by atoms with van der Waals surface area (Å²) in [4.78, 5) is 0. The van der Waals surface area contributed by atoms with Crippen LogP contribution in [0.1, 0.15) is 67.0 Å². The minimum Gasteiger partial charge on any atom is -0.376 e. The van der Waals surface area contributed by atoms with Gasteiger partial charge in [0.1, 0.15) is 0 Å². The molecular formula is C34H35N. The van der Waals surface area contributed by atoms with Crippen molar-refractivity contribution in [3.8, 4) is 0 Å². The average molecular weight is 458 g/mol. The summed E-state index contributed by atoms with van der Waals surface area (Å²) in [5.74, 6) is 0. The van der Waals surface area contributed by atoms with Crippen LogP contribution in [0.25, 0.3) is 5.57 Å². The second kappa shape index (κ2) is 9.23. The molecular weight excluding hydrogens is 422 g/mol. The van der Waals surface area contributed by atoms with E-state index in [1.165, 1.54) is 44.6 Å². The van der Waals surface area contributed by atoms with E-state index < -0.39 is 5.41 Å². The molecule has 35 heavy (non-hydrogen) atoms. The highest BCUT2D eigenvalue weighted by molar-refractivity contribution is 5.83. The molecule has 176 valence electrons. The van der Waals surface area contributed by atoms with Gasteiger partial charge in [-0.1, -0.05) is 111 Å². The molecule has 1 N–H and O–H groups in total. The van der Waals surface area contributed by atoms with E-state index in [0.717, 1.165) is 12.8 Å². The summed E-state index contributed by atoms with van der Waals surface area (Å²) >= 11 is 0. The summed E-state index contributed by atoms with van der Waals surface area (Å²) in [6.45, 7) is 9.11. The SMILES string of the molecule is CCC1=C[C@](C)(CC)Nc2cc(C)c(C(c3ccccc3)(c3ccccc3)c3ccccc3)cc21. The molecule has 1 aliphatic rings. The van der Waals surface area contributed by atoms with Gasteiger partial charge in [-0.15, -0.1) is 0 Å². The first kappa shape index (κ1) is 23.2. The van der Waals surface area contributed by atoms with Gasteiger partial charge >= 0.3 is 0 Å². The topological polar surface area (TPSA) is 12.0 Å². The number of hydrogen-bond donors (Lipinski definition) is 1. The average Bonchev–Trinajstić information content (AvgIpc) is 2.91. The van der Waals surface area contributed by atoms with Crippen LogP contribution in [0.15, 0.2) is 109 Å². The van der Waals surface area contributed by atoms with E-state index in [1.807, 2.05) is 0 Å². The van der Waals surface area contributed by atoms with Gasteiger partial charge in [0.25, 0.3) is 0 Å². The van der Waals surface area contributed by atoms with E-state index in [1.54, 1.807) is 0 Å². The lowest BCUT2D eigenvalue weighted by Gasteiger charge is -2.40. The fraction of sp³-hybridized carbons (Fsp3) is 0.235. The van der Waals surface area contributed by atoms with Crippen LogP contribution in [0.3, 0.4) is 0 Å². The van der Waals surface area contributed by atoms with Crippen LogP contribution in [0.2, 0.25) is 0 Å². The van der Waals surface area contributed by atoms with Crippen LogP contribution in [-0.2, 0) is 5.41 Å². The van der Waals surface area contributed by atoms with Crippen molar-refractivity contribution >= 4 is 11.3 Å². The normalized spacial score (nSPS) is 17.3. The summed E-state index contributed by atoms with van der Waals surface area (Å²) < 4.78 is 0. The molecule has 1 heterocycles. The van der Waals surface area contributed by atoms with Crippen molar-refractivity contribution in [2.24, 2.45) is 0 Å². The molecule has 0 radical (unpaired) electrons. The second-order valence-corrected chi connectivity index (χ2v) is 9.98. The number of nitrogens with one attached hydrogen (secondary N) is 1. The fourth-order valence-electron chi connectivity index (χ4n) is 5.80. The standard InChI is InChI=1S/C34H35N/c1-5-26-24-33(4,6-2)35-32-22-25(3)31(23-30(26)32)34(27-16-10-7-11-17-27,28-18-12-8-13-19-28)29-20-14-9-15-21-29/h7-24,35H,5-6H2,1-4H3/t33-/m0/s1. The first-order chi connectivity index (χ1) is 17.0. The molecule has 1 atom stereocenters. The van der Waals surface area contributed by atoms with Gasteiger partial charge in [-0.25, -0.2) is 0 Å². The zero-order chi connectivity index (χ0) is 24.5. The van der Waals surface area contributed by atoms with Crippen LogP contribution in [0, 0.1) is 6.92 Å². The highest BCUT2D eigenvalue weighted by Gasteiger charge is 2.40. The predicted molar refractivity (Wildman–Crippen MR) is 150 cm³/mol. The summed E-state index contributed by atoms with van der Waals surface area (Å²) in [6.07, 6.45) is 4.52. The van der Waals surface area contributed by atoms with Crippen LogP contribution >= 0.6 is 0 Å². The van der Waals surface area contributed by atoms with E-state index in [-0.39, 0.29) is 5.54 Å². The third-order valence-corrected chi connectivity index (χ3v) is 7.76. The van der Waals surface area contributed by atoms with Crippen molar-refractivity contribution in [2.45, 2.75) is 51.5 Å². The number of aryl methyl sites for hydroxylation is 1. The van der Waals surface area contributed by atoms with E-state index in [9.17, 15) is 0 Å². The Hall–Kier alpha value is -3.58. The third-order valence-electron chi connectivity index (χ3n) is 7.76. The van der Waals surface area contributed by atoms with E-state index >= 15 is 0 Å². The Labute approximate surface area is 210 Å². The van der Waals surface area contributed by atoms with E-state index in [2.05, 4.69) is 142 Å². The van der Waals surface area contributed by atoms with Gasteiger partial charge in [0, 0.05) is 11.3 Å². The number of benzene rings is 4. The molecule has 0 unspecified atom stereocenters. The summed E-state index contributed by atoms with van der Waals surface area (Å²) in [5, 5.41) is 3.85. The van der Waals surface area contributed by atoms with Gasteiger partial charge < -0.3 is 5.32 Å².